The van der Waals surface area contributed by atoms with Crippen LogP contribution in [0.5, 0.6) is 0 Å². The molecule has 0 aromatic carbocycles. The molecule has 48 heavy (non-hydrogen) atoms. The van der Waals surface area contributed by atoms with Gasteiger partial charge in [-0.1, -0.05) is 0 Å². The first-order valence-corrected chi connectivity index (χ1v) is 14.8. The molecule has 0 aromatic heterocycles. The lowest BCUT2D eigenvalue weighted by atomic mass is 9.78. The Balaban J connectivity index is 0.000000182. The Hall–Kier alpha value is -3.58. The van der Waals surface area contributed by atoms with Gasteiger partial charge in [-0.3, -0.25) is 19.2 Å². The van der Waals surface area contributed by atoms with E-state index < -0.39 is 95.7 Å². The maximum absolute atomic E-state index is 13.1. The summed E-state index contributed by atoms with van der Waals surface area (Å²) in [6.07, 6.45) is -1.92. The number of aliphatic hydroxyl groups excluding tert-OH is 1. The van der Waals surface area contributed by atoms with Crippen molar-refractivity contribution in [2.45, 2.75) is 63.0 Å². The van der Waals surface area contributed by atoms with Crippen molar-refractivity contribution in [3.63, 3.8) is 0 Å². The fourth-order valence-electron chi connectivity index (χ4n) is 7.64. The van der Waals surface area contributed by atoms with Gasteiger partial charge in [-0.25, -0.2) is 9.59 Å². The number of fused-ring (bicyclic) bond motifs is 2. The second kappa shape index (κ2) is 14.1. The Kier molecular flexibility index (Phi) is 10.9. The molecular weight excluding hydrogens is 664 g/mol. The van der Waals surface area contributed by atoms with Crippen molar-refractivity contribution < 1.29 is 89.3 Å². The topological polar surface area (TPSA) is 196 Å². The summed E-state index contributed by atoms with van der Waals surface area (Å²) in [4.78, 5) is 68.9. The van der Waals surface area contributed by atoms with Crippen LogP contribution in [0.25, 0.3) is 0 Å². The lowest BCUT2D eigenvalue weighted by Crippen LogP contribution is -2.45. The van der Waals surface area contributed by atoms with E-state index in [1.165, 1.54) is 14.2 Å². The van der Waals surface area contributed by atoms with Crippen molar-refractivity contribution in [1.29, 1.82) is 0 Å². The average Bonchev–Trinajstić information content (AvgIpc) is 3.82. The zero-order valence-corrected chi connectivity index (χ0v) is 26.4. The highest BCUT2D eigenvalue weighted by atomic mass is 19.3. The molecule has 270 valence electrons. The molecule has 4 saturated carbocycles. The summed E-state index contributed by atoms with van der Waals surface area (Å²) in [5, 5.41) is 9.95. The first kappa shape index (κ1) is 37.2. The lowest BCUT2D eigenvalue weighted by Gasteiger charge is -2.30. The third kappa shape index (κ3) is 6.94. The predicted molar refractivity (Wildman–Crippen MR) is 142 cm³/mol. The predicted octanol–water partition coefficient (Wildman–Crippen LogP) is 0.625. The minimum absolute atomic E-state index is 0.0254. The minimum Gasteiger partial charge on any atom is -0.465 e. The summed E-state index contributed by atoms with van der Waals surface area (Å²) < 4.78 is 87.4. The third-order valence-corrected chi connectivity index (χ3v) is 9.45. The number of alkyl halides is 4. The van der Waals surface area contributed by atoms with Crippen molar-refractivity contribution in [2.24, 2.45) is 47.3 Å². The SMILES string of the molecule is COC(=O)C(C)(F)F.COCOC(=O)C1C2CC3C(OC(=O)C31)C2O.COCOC(=O)C1C2CC3C(OC(=O)C31)C2OC(=O)C(C)(F)F. The maximum Gasteiger partial charge on any atom is 0.377 e. The van der Waals surface area contributed by atoms with Crippen LogP contribution >= 0.6 is 0 Å². The summed E-state index contributed by atoms with van der Waals surface area (Å²) >= 11 is 0. The van der Waals surface area contributed by atoms with Gasteiger partial charge in [0.05, 0.1) is 36.9 Å². The van der Waals surface area contributed by atoms with Crippen molar-refractivity contribution in [3.05, 3.63) is 0 Å². The summed E-state index contributed by atoms with van der Waals surface area (Å²) in [7, 11) is 3.67. The number of carbonyl (C=O) groups is 6. The number of hydrogen-bond donors (Lipinski definition) is 1. The molecule has 0 aromatic rings. The van der Waals surface area contributed by atoms with E-state index in [-0.39, 0.29) is 37.3 Å². The molecule has 2 saturated heterocycles. The lowest BCUT2D eigenvalue weighted by molar-refractivity contribution is -0.187. The van der Waals surface area contributed by atoms with E-state index in [4.69, 9.17) is 23.7 Å². The molecule has 2 heterocycles. The van der Waals surface area contributed by atoms with Gasteiger partial charge in [-0.2, -0.15) is 17.6 Å². The van der Waals surface area contributed by atoms with E-state index >= 15 is 0 Å². The zero-order valence-electron chi connectivity index (χ0n) is 26.4. The van der Waals surface area contributed by atoms with Crippen molar-refractivity contribution in [3.8, 4) is 0 Å². The largest absolute Gasteiger partial charge is 0.465 e. The molecule has 4 bridgehead atoms. The van der Waals surface area contributed by atoms with Crippen LogP contribution < -0.4 is 0 Å². The van der Waals surface area contributed by atoms with Crippen LogP contribution in [0.4, 0.5) is 17.6 Å². The van der Waals surface area contributed by atoms with E-state index in [1.54, 1.807) is 0 Å². The van der Waals surface area contributed by atoms with Crippen LogP contribution in [-0.2, 0) is 66.7 Å². The second-order valence-electron chi connectivity index (χ2n) is 12.4. The monoisotopic (exact) mass is 700 g/mol. The molecule has 1 N–H and O–H groups in total. The molecule has 12 unspecified atom stereocenters. The number of halogens is 4. The molecule has 0 spiro atoms. The molecule has 12 atom stereocenters. The molecule has 4 aliphatic carbocycles. The molecule has 6 fully saturated rings. The molecule has 6 aliphatic rings. The van der Waals surface area contributed by atoms with Crippen molar-refractivity contribution >= 4 is 35.8 Å². The first-order chi connectivity index (χ1) is 22.4. The number of ether oxygens (including phenoxy) is 8. The molecule has 0 radical (unpaired) electrons. The van der Waals surface area contributed by atoms with Crippen LogP contribution in [0, 0.1) is 47.3 Å². The third-order valence-electron chi connectivity index (χ3n) is 9.45. The molecule has 2 aliphatic heterocycles. The van der Waals surface area contributed by atoms with E-state index in [2.05, 4.69) is 14.2 Å². The maximum atomic E-state index is 13.1. The van der Waals surface area contributed by atoms with E-state index in [9.17, 15) is 51.4 Å². The number of carbonyl (C=O) groups excluding carboxylic acids is 6. The van der Waals surface area contributed by atoms with Crippen molar-refractivity contribution in [2.75, 3.05) is 34.9 Å². The normalized spacial score (nSPS) is 36.2. The van der Waals surface area contributed by atoms with Gasteiger partial charge in [0.2, 0.25) is 0 Å². The van der Waals surface area contributed by atoms with Crippen LogP contribution in [0.3, 0.4) is 0 Å². The summed E-state index contributed by atoms with van der Waals surface area (Å²) in [6, 6.07) is 0. The van der Waals surface area contributed by atoms with Crippen LogP contribution in [0.1, 0.15) is 26.7 Å². The Labute approximate surface area is 270 Å². The molecule has 15 nitrogen and oxygen atoms in total. The summed E-state index contributed by atoms with van der Waals surface area (Å²) in [5.41, 5.74) is 0. The fourth-order valence-corrected chi connectivity index (χ4v) is 7.64. The van der Waals surface area contributed by atoms with Gasteiger partial charge in [0, 0.05) is 51.7 Å². The number of hydrogen-bond acceptors (Lipinski definition) is 15. The molecule has 19 heteroatoms. The van der Waals surface area contributed by atoms with Crippen LogP contribution in [-0.4, -0.2) is 112 Å². The van der Waals surface area contributed by atoms with E-state index in [0.717, 1.165) is 7.11 Å². The minimum atomic E-state index is -3.66. The van der Waals surface area contributed by atoms with Gasteiger partial charge in [0.15, 0.2) is 13.6 Å². The van der Waals surface area contributed by atoms with E-state index in [0.29, 0.717) is 26.7 Å². The average molecular weight is 701 g/mol. The van der Waals surface area contributed by atoms with Crippen molar-refractivity contribution in [1.82, 2.24) is 0 Å². The smallest absolute Gasteiger partial charge is 0.377 e. The van der Waals surface area contributed by atoms with Crippen LogP contribution in [0.2, 0.25) is 0 Å². The molecular formula is C29H36F4O15. The Morgan fingerprint density at radius 3 is 1.60 bits per heavy atom. The quantitative estimate of drug-likeness (QED) is 0.152. The highest BCUT2D eigenvalue weighted by Gasteiger charge is 2.71. The Bertz CT molecular complexity index is 1280. The summed E-state index contributed by atoms with van der Waals surface area (Å²) in [6.45, 7) is 0.499. The highest BCUT2D eigenvalue weighted by molar-refractivity contribution is 5.87. The number of rotatable bonds is 9. The van der Waals surface area contributed by atoms with Crippen LogP contribution in [0.15, 0.2) is 0 Å². The van der Waals surface area contributed by atoms with Gasteiger partial charge < -0.3 is 43.0 Å². The molecule has 0 amide bonds. The van der Waals surface area contributed by atoms with Gasteiger partial charge in [-0.05, 0) is 12.8 Å². The van der Waals surface area contributed by atoms with E-state index in [1.807, 2.05) is 0 Å². The highest BCUT2D eigenvalue weighted by Crippen LogP contribution is 2.59. The van der Waals surface area contributed by atoms with Gasteiger partial charge in [0.1, 0.15) is 18.3 Å². The number of aliphatic hydroxyl groups is 1. The fraction of sp³-hybridized carbons (Fsp3) is 0.793. The standard InChI is InChI=1S/C14H16F2O7.C11H14O6.C4H6F2O2/c1-14(15,16)13(19)23-10-5-3-6-8(12(18)22-9(6)10)7(5)11(17)21-4-20-2;1-15-3-16-10(13)6-4-2-5-7(6)11(14)17-9(5)8(4)12;1-4(5,6)3(7)8-2/h5-10H,3-4H2,1-2H3;4-9,12H,2-3H2,1H3;1-2H3. The first-order valence-electron chi connectivity index (χ1n) is 14.8. The molecule has 6 rings (SSSR count). The van der Waals surface area contributed by atoms with Gasteiger partial charge in [0.25, 0.3) is 0 Å². The number of esters is 6. The Morgan fingerprint density at radius 2 is 1.17 bits per heavy atom. The van der Waals surface area contributed by atoms with Gasteiger partial charge in [-0.15, -0.1) is 0 Å². The van der Waals surface area contributed by atoms with Gasteiger partial charge >= 0.3 is 47.7 Å². The second-order valence-corrected chi connectivity index (χ2v) is 12.4. The zero-order chi connectivity index (χ0) is 35.9. The number of methoxy groups -OCH3 is 3. The Morgan fingerprint density at radius 1 is 0.729 bits per heavy atom. The summed E-state index contributed by atoms with van der Waals surface area (Å²) in [5.74, 6) is -16.0.